The first-order valence-electron chi connectivity index (χ1n) is 4.56. The van der Waals surface area contributed by atoms with Crippen molar-refractivity contribution in [2.24, 2.45) is 5.11 Å². The summed E-state index contributed by atoms with van der Waals surface area (Å²) in [5.74, 6) is -0.473. The van der Waals surface area contributed by atoms with Crippen molar-refractivity contribution in [3.63, 3.8) is 0 Å². The molecule has 84 valence electrons. The van der Waals surface area contributed by atoms with E-state index < -0.39 is 12.0 Å². The average Bonchev–Trinajstić information content (AvgIpc) is 2.35. The second kappa shape index (κ2) is 5.75. The number of nitrogens with zero attached hydrogens (tertiary/aromatic N) is 3. The van der Waals surface area contributed by atoms with E-state index in [0.29, 0.717) is 11.1 Å². The van der Waals surface area contributed by atoms with Crippen LogP contribution in [0.25, 0.3) is 10.4 Å². The fraction of sp³-hybridized carbons (Fsp3) is 0.300. The second-order valence-electron chi connectivity index (χ2n) is 3.02. The van der Waals surface area contributed by atoms with Crippen molar-refractivity contribution < 1.29 is 14.6 Å². The van der Waals surface area contributed by atoms with Crippen molar-refractivity contribution in [3.05, 3.63) is 45.8 Å². The van der Waals surface area contributed by atoms with Gasteiger partial charge in [0.2, 0.25) is 0 Å². The number of hydrogen-bond acceptors (Lipinski definition) is 4. The fourth-order valence-electron chi connectivity index (χ4n) is 1.26. The summed E-state index contributed by atoms with van der Waals surface area (Å²) in [6, 6.07) is 5.73. The molecule has 1 aromatic carbocycles. The number of esters is 1. The summed E-state index contributed by atoms with van der Waals surface area (Å²) in [4.78, 5) is 13.9. The molecule has 0 aliphatic rings. The lowest BCUT2D eigenvalue weighted by atomic mass is 10.1. The zero-order chi connectivity index (χ0) is 12.0. The van der Waals surface area contributed by atoms with Crippen molar-refractivity contribution in [1.29, 1.82) is 0 Å². The van der Waals surface area contributed by atoms with Crippen molar-refractivity contribution in [2.75, 3.05) is 13.7 Å². The third-order valence-electron chi connectivity index (χ3n) is 2.06. The Hall–Kier alpha value is -2.04. The highest BCUT2D eigenvalue weighted by Gasteiger charge is 2.11. The van der Waals surface area contributed by atoms with Gasteiger partial charge in [0.05, 0.1) is 25.3 Å². The molecule has 0 aliphatic heterocycles. The zero-order valence-electron chi connectivity index (χ0n) is 8.70. The van der Waals surface area contributed by atoms with E-state index in [2.05, 4.69) is 14.8 Å². The third-order valence-corrected chi connectivity index (χ3v) is 2.06. The van der Waals surface area contributed by atoms with E-state index in [0.717, 1.165) is 0 Å². The first kappa shape index (κ1) is 12.0. The predicted molar refractivity (Wildman–Crippen MR) is 56.8 cm³/mol. The molecule has 6 nitrogen and oxygen atoms in total. The highest BCUT2D eigenvalue weighted by atomic mass is 16.5. The van der Waals surface area contributed by atoms with Gasteiger partial charge in [-0.1, -0.05) is 17.2 Å². The molecule has 0 amide bonds. The first-order valence-corrected chi connectivity index (χ1v) is 4.56. The van der Waals surface area contributed by atoms with Gasteiger partial charge in [-0.25, -0.2) is 4.79 Å². The van der Waals surface area contributed by atoms with Gasteiger partial charge in [0.1, 0.15) is 0 Å². The normalized spacial score (nSPS) is 11.4. The number of methoxy groups -OCH3 is 1. The van der Waals surface area contributed by atoms with E-state index >= 15 is 0 Å². The largest absolute Gasteiger partial charge is 0.465 e. The van der Waals surface area contributed by atoms with Crippen LogP contribution in [0.1, 0.15) is 22.0 Å². The molecule has 0 saturated carbocycles. The summed E-state index contributed by atoms with van der Waals surface area (Å²) in [5, 5.41) is 12.4. The molecule has 1 N–H and O–H groups in total. The number of hydrogen-bond donors (Lipinski definition) is 1. The maximum atomic E-state index is 11.2. The van der Waals surface area contributed by atoms with Crippen LogP contribution in [0, 0.1) is 0 Å². The van der Waals surface area contributed by atoms with Gasteiger partial charge in [-0.05, 0) is 23.2 Å². The molecule has 1 atom stereocenters. The Morgan fingerprint density at radius 1 is 1.69 bits per heavy atom. The van der Waals surface area contributed by atoms with Gasteiger partial charge in [-0.3, -0.25) is 0 Å². The molecule has 0 radical (unpaired) electrons. The van der Waals surface area contributed by atoms with Gasteiger partial charge < -0.3 is 9.84 Å². The maximum absolute atomic E-state index is 11.2. The lowest BCUT2D eigenvalue weighted by molar-refractivity contribution is 0.0600. The van der Waals surface area contributed by atoms with Gasteiger partial charge in [-0.2, -0.15) is 0 Å². The monoisotopic (exact) mass is 221 g/mol. The zero-order valence-corrected chi connectivity index (χ0v) is 8.70. The summed E-state index contributed by atoms with van der Waals surface area (Å²) in [6.45, 7) is -0.311. The Bertz CT molecular complexity index is 427. The van der Waals surface area contributed by atoms with E-state index in [-0.39, 0.29) is 6.61 Å². The molecule has 1 unspecified atom stereocenters. The Kier molecular flexibility index (Phi) is 4.32. The predicted octanol–water partition coefficient (Wildman–Crippen LogP) is 1.82. The Morgan fingerprint density at radius 2 is 2.44 bits per heavy atom. The molecule has 0 heterocycles. The van der Waals surface area contributed by atoms with Crippen LogP contribution in [-0.4, -0.2) is 24.8 Å². The number of rotatable bonds is 4. The van der Waals surface area contributed by atoms with Crippen molar-refractivity contribution >= 4 is 5.97 Å². The number of benzene rings is 1. The van der Waals surface area contributed by atoms with Crippen LogP contribution in [0.3, 0.4) is 0 Å². The SMILES string of the molecule is COC(=O)c1cccc(C(CO)N=[N+]=[N-])c1. The molecule has 6 heteroatoms. The molecule has 1 aromatic rings. The fourth-order valence-corrected chi connectivity index (χ4v) is 1.26. The number of carbonyl (C=O) groups excluding carboxylic acids is 1. The van der Waals surface area contributed by atoms with Gasteiger partial charge >= 0.3 is 5.97 Å². The van der Waals surface area contributed by atoms with E-state index in [9.17, 15) is 4.79 Å². The number of azide groups is 1. The van der Waals surface area contributed by atoms with Crippen molar-refractivity contribution in [3.8, 4) is 0 Å². The molecule has 0 spiro atoms. The van der Waals surface area contributed by atoms with Gasteiger partial charge in [0.25, 0.3) is 0 Å². The third kappa shape index (κ3) is 2.73. The van der Waals surface area contributed by atoms with Crippen LogP contribution in [0.15, 0.2) is 29.4 Å². The van der Waals surface area contributed by atoms with E-state index in [1.807, 2.05) is 0 Å². The minimum absolute atomic E-state index is 0.311. The Morgan fingerprint density at radius 3 is 3.00 bits per heavy atom. The Balaban J connectivity index is 3.05. The summed E-state index contributed by atoms with van der Waals surface area (Å²) >= 11 is 0. The number of ether oxygens (including phenoxy) is 1. The van der Waals surface area contributed by atoms with Crippen LogP contribution in [0.2, 0.25) is 0 Å². The molecule has 0 aromatic heterocycles. The summed E-state index contributed by atoms with van der Waals surface area (Å²) in [7, 11) is 1.28. The quantitative estimate of drug-likeness (QED) is 0.363. The minimum Gasteiger partial charge on any atom is -0.465 e. The van der Waals surface area contributed by atoms with Crippen LogP contribution < -0.4 is 0 Å². The molecule has 0 saturated heterocycles. The molecule has 1 rings (SSSR count). The van der Waals surface area contributed by atoms with Crippen LogP contribution in [0.4, 0.5) is 0 Å². The van der Waals surface area contributed by atoms with Gasteiger partial charge in [-0.15, -0.1) is 0 Å². The number of carbonyl (C=O) groups is 1. The van der Waals surface area contributed by atoms with Crippen molar-refractivity contribution in [2.45, 2.75) is 6.04 Å². The van der Waals surface area contributed by atoms with Crippen molar-refractivity contribution in [1.82, 2.24) is 0 Å². The average molecular weight is 221 g/mol. The molecule has 0 bridgehead atoms. The molecule has 16 heavy (non-hydrogen) atoms. The van der Waals surface area contributed by atoms with E-state index in [1.54, 1.807) is 18.2 Å². The minimum atomic E-state index is -0.686. The molecule has 0 fully saturated rings. The molecular formula is C10H11N3O3. The van der Waals surface area contributed by atoms with Crippen LogP contribution in [0.5, 0.6) is 0 Å². The highest BCUT2D eigenvalue weighted by molar-refractivity contribution is 5.89. The topological polar surface area (TPSA) is 95.3 Å². The van der Waals surface area contributed by atoms with Crippen LogP contribution in [-0.2, 0) is 4.74 Å². The second-order valence-corrected chi connectivity index (χ2v) is 3.02. The van der Waals surface area contributed by atoms with Crippen LogP contribution >= 0.6 is 0 Å². The van der Waals surface area contributed by atoms with Gasteiger partial charge in [0, 0.05) is 4.91 Å². The smallest absolute Gasteiger partial charge is 0.337 e. The summed E-state index contributed by atoms with van der Waals surface area (Å²) < 4.78 is 4.56. The lowest BCUT2D eigenvalue weighted by Crippen LogP contribution is -2.05. The van der Waals surface area contributed by atoms with E-state index in [4.69, 9.17) is 10.6 Å². The van der Waals surface area contributed by atoms with E-state index in [1.165, 1.54) is 13.2 Å². The van der Waals surface area contributed by atoms with Gasteiger partial charge in [0.15, 0.2) is 0 Å². The first-order chi connectivity index (χ1) is 7.72. The molecular weight excluding hydrogens is 210 g/mol. The number of aliphatic hydroxyl groups excluding tert-OH is 1. The molecule has 0 aliphatic carbocycles. The number of aliphatic hydroxyl groups is 1. The summed E-state index contributed by atoms with van der Waals surface area (Å²) in [6.07, 6.45) is 0. The summed E-state index contributed by atoms with van der Waals surface area (Å²) in [5.41, 5.74) is 9.24. The Labute approximate surface area is 92.1 Å². The standard InChI is InChI=1S/C10H11N3O3/c1-16-10(15)8-4-2-3-7(5-8)9(6-14)12-13-11/h2-5,9,14H,6H2,1H3. The maximum Gasteiger partial charge on any atom is 0.337 e. The highest BCUT2D eigenvalue weighted by Crippen LogP contribution is 2.18. The lowest BCUT2D eigenvalue weighted by Gasteiger charge is -2.08.